The van der Waals surface area contributed by atoms with Gasteiger partial charge in [-0.1, -0.05) is 0 Å². The van der Waals surface area contributed by atoms with Crippen molar-refractivity contribution in [1.29, 1.82) is 0 Å². The van der Waals surface area contributed by atoms with Gasteiger partial charge in [-0.25, -0.2) is 0 Å². The molecule has 2 aromatic carbocycles. The van der Waals surface area contributed by atoms with E-state index < -0.39 is 84.9 Å². The third kappa shape index (κ3) is 5.62. The Kier molecular flexibility index (Phi) is 8.54. The summed E-state index contributed by atoms with van der Waals surface area (Å²) in [5.41, 5.74) is -0.773. The third-order valence-corrected chi connectivity index (χ3v) is 7.59. The van der Waals surface area contributed by atoms with Crippen LogP contribution in [-0.4, -0.2) is 114 Å². The first-order valence-electron chi connectivity index (χ1n) is 13.3. The maximum Gasteiger partial charge on any atom is 0.239 e. The zero-order valence-electron chi connectivity index (χ0n) is 22.8. The molecule has 0 aliphatic carbocycles. The highest BCUT2D eigenvalue weighted by atomic mass is 16.7. The monoisotopic (exact) mass is 608 g/mol. The van der Waals surface area contributed by atoms with E-state index in [1.165, 1.54) is 38.1 Å². The number of phenols is 3. The molecule has 15 nitrogen and oxygen atoms in total. The number of aliphatic hydroxyl groups excluding tert-OH is 6. The molecule has 2 aliphatic heterocycles. The fraction of sp³-hybridized carbons (Fsp3) is 0.464. The second kappa shape index (κ2) is 11.9. The van der Waals surface area contributed by atoms with Gasteiger partial charge in [0.15, 0.2) is 12.1 Å². The van der Waals surface area contributed by atoms with Gasteiger partial charge in [-0.2, -0.15) is 0 Å². The van der Waals surface area contributed by atoms with Crippen molar-refractivity contribution in [3.05, 3.63) is 46.1 Å². The molecule has 43 heavy (non-hydrogen) atoms. The number of phenolic OH excluding ortho intramolecular Hbond substituents is 3. The molecule has 0 bridgehead atoms. The topological polar surface area (TPSA) is 249 Å². The fourth-order valence-electron chi connectivity index (χ4n) is 4.96. The van der Waals surface area contributed by atoms with E-state index >= 15 is 0 Å². The number of rotatable bonds is 6. The van der Waals surface area contributed by atoms with Crippen molar-refractivity contribution in [1.82, 2.24) is 0 Å². The average Bonchev–Trinajstić information content (AvgIpc) is 2.97. The molecule has 2 aliphatic rings. The molecule has 3 aromatic rings. The summed E-state index contributed by atoms with van der Waals surface area (Å²) in [7, 11) is 0. The molecule has 0 saturated carbocycles. The summed E-state index contributed by atoms with van der Waals surface area (Å²) < 4.78 is 28.2. The summed E-state index contributed by atoms with van der Waals surface area (Å²) in [4.78, 5) is 13.7. The quantitative estimate of drug-likeness (QED) is 0.161. The van der Waals surface area contributed by atoms with E-state index in [2.05, 4.69) is 0 Å². The van der Waals surface area contributed by atoms with E-state index in [-0.39, 0.29) is 39.4 Å². The van der Waals surface area contributed by atoms with Crippen LogP contribution in [-0.2, 0) is 14.2 Å². The number of ether oxygens (including phenoxy) is 4. The van der Waals surface area contributed by atoms with Gasteiger partial charge >= 0.3 is 0 Å². The lowest BCUT2D eigenvalue weighted by atomic mass is 9.98. The van der Waals surface area contributed by atoms with E-state index in [0.29, 0.717) is 0 Å². The van der Waals surface area contributed by atoms with Gasteiger partial charge in [-0.3, -0.25) is 4.79 Å². The van der Waals surface area contributed by atoms with Crippen molar-refractivity contribution in [2.45, 2.75) is 75.3 Å². The molecule has 1 aromatic heterocycles. The molecule has 2 fully saturated rings. The Morgan fingerprint density at radius 1 is 0.791 bits per heavy atom. The highest BCUT2D eigenvalue weighted by Crippen LogP contribution is 2.39. The summed E-state index contributed by atoms with van der Waals surface area (Å²) in [6.07, 6.45) is -15.8. The second-order valence-corrected chi connectivity index (χ2v) is 10.5. The zero-order chi connectivity index (χ0) is 31.3. The van der Waals surface area contributed by atoms with Crippen LogP contribution < -0.4 is 10.2 Å². The summed E-state index contributed by atoms with van der Waals surface area (Å²) in [6, 6.07) is 6.32. The zero-order valence-corrected chi connectivity index (χ0v) is 22.8. The lowest BCUT2D eigenvalue weighted by molar-refractivity contribution is -0.318. The van der Waals surface area contributed by atoms with Crippen molar-refractivity contribution in [2.75, 3.05) is 6.61 Å². The molecule has 0 spiro atoms. The molecule has 5 rings (SSSR count). The molecule has 0 amide bonds. The Morgan fingerprint density at radius 2 is 1.42 bits per heavy atom. The van der Waals surface area contributed by atoms with Crippen molar-refractivity contribution in [3.63, 3.8) is 0 Å². The number of aryl methyl sites for hydroxylation is 1. The second-order valence-electron chi connectivity index (χ2n) is 10.5. The van der Waals surface area contributed by atoms with Crippen LogP contribution in [0.1, 0.15) is 12.5 Å². The number of hydrogen-bond donors (Lipinski definition) is 9. The number of hydrogen-bond acceptors (Lipinski definition) is 15. The van der Waals surface area contributed by atoms with Crippen molar-refractivity contribution < 1.29 is 69.3 Å². The van der Waals surface area contributed by atoms with E-state index in [1.807, 2.05) is 0 Å². The summed E-state index contributed by atoms with van der Waals surface area (Å²) >= 11 is 0. The van der Waals surface area contributed by atoms with Crippen molar-refractivity contribution in [2.24, 2.45) is 0 Å². The standard InChI is InChI=1S/C28H32O15/c1-9-13(30)7-14(31)16-19(34)26(25(42-24(9)16)11-3-5-12(29)6-4-11)43-28-23(38)21(36)18(33)15(41-28)8-39-27-22(37)20(35)17(32)10(2)40-27/h3-7,10,15,17-18,20-23,27-33,35-38H,8H2,1-2H3. The Hall–Kier alpha value is -3.51. The van der Waals surface area contributed by atoms with Crippen LogP contribution in [0.4, 0.5) is 0 Å². The van der Waals surface area contributed by atoms with Gasteiger partial charge in [0.1, 0.15) is 70.9 Å². The van der Waals surface area contributed by atoms with Gasteiger partial charge in [-0.05, 0) is 38.1 Å². The van der Waals surface area contributed by atoms with E-state index in [0.717, 1.165) is 6.07 Å². The van der Waals surface area contributed by atoms with E-state index in [4.69, 9.17) is 23.4 Å². The molecule has 2 saturated heterocycles. The Morgan fingerprint density at radius 3 is 2.09 bits per heavy atom. The summed E-state index contributed by atoms with van der Waals surface area (Å²) in [6.45, 7) is 2.32. The Bertz CT molecular complexity index is 1520. The highest BCUT2D eigenvalue weighted by molar-refractivity contribution is 5.90. The minimum absolute atomic E-state index is 0.102. The first-order chi connectivity index (χ1) is 20.3. The van der Waals surface area contributed by atoms with E-state index in [1.54, 1.807) is 0 Å². The lowest BCUT2D eigenvalue weighted by Gasteiger charge is -2.42. The van der Waals surface area contributed by atoms with Gasteiger partial charge in [0.05, 0.1) is 12.7 Å². The van der Waals surface area contributed by atoms with Crippen LogP contribution in [0.3, 0.4) is 0 Å². The molecule has 234 valence electrons. The minimum Gasteiger partial charge on any atom is -0.508 e. The number of aliphatic hydroxyl groups is 6. The van der Waals surface area contributed by atoms with Crippen LogP contribution in [0.25, 0.3) is 22.3 Å². The Balaban J connectivity index is 1.48. The van der Waals surface area contributed by atoms with Gasteiger partial charge in [0, 0.05) is 17.2 Å². The fourth-order valence-corrected chi connectivity index (χ4v) is 4.96. The van der Waals surface area contributed by atoms with Gasteiger partial charge < -0.3 is 69.3 Å². The molecular weight excluding hydrogens is 576 g/mol. The summed E-state index contributed by atoms with van der Waals surface area (Å²) in [5, 5.41) is 92.0. The summed E-state index contributed by atoms with van der Waals surface area (Å²) in [5.74, 6) is -1.91. The molecule has 3 heterocycles. The molecule has 9 N–H and O–H groups in total. The lowest BCUT2D eigenvalue weighted by Crippen LogP contribution is -2.61. The third-order valence-electron chi connectivity index (χ3n) is 7.59. The minimum atomic E-state index is -1.92. The van der Waals surface area contributed by atoms with Crippen molar-refractivity contribution >= 4 is 11.0 Å². The molecule has 10 atom stereocenters. The van der Waals surface area contributed by atoms with Gasteiger partial charge in [-0.15, -0.1) is 0 Å². The van der Waals surface area contributed by atoms with Crippen LogP contribution >= 0.6 is 0 Å². The molecule has 0 radical (unpaired) electrons. The predicted octanol–water partition coefficient (Wildman–Crippen LogP) is -1.08. The SMILES string of the molecule is Cc1c(O)cc(O)c2c(=O)c(OC3OC(COC4OC(C)C(O)C(O)C4O)C(O)C(O)C3O)c(-c3ccc(O)cc3)oc12. The van der Waals surface area contributed by atoms with Crippen LogP contribution in [0, 0.1) is 6.92 Å². The van der Waals surface area contributed by atoms with Gasteiger partial charge in [0.2, 0.25) is 17.5 Å². The largest absolute Gasteiger partial charge is 0.508 e. The van der Waals surface area contributed by atoms with Gasteiger partial charge in [0.25, 0.3) is 0 Å². The number of fused-ring (bicyclic) bond motifs is 1. The molecule has 15 heteroatoms. The average molecular weight is 609 g/mol. The molecular formula is C28H32O15. The normalized spacial score (nSPS) is 33.0. The maximum atomic E-state index is 13.7. The van der Waals surface area contributed by atoms with Crippen LogP contribution in [0.15, 0.2) is 39.5 Å². The van der Waals surface area contributed by atoms with Crippen molar-refractivity contribution in [3.8, 4) is 34.3 Å². The van der Waals surface area contributed by atoms with Crippen LogP contribution in [0.5, 0.6) is 23.0 Å². The number of aromatic hydroxyl groups is 3. The maximum absolute atomic E-state index is 13.7. The molecule has 10 unspecified atom stereocenters. The smallest absolute Gasteiger partial charge is 0.239 e. The Labute approximate surface area is 242 Å². The predicted molar refractivity (Wildman–Crippen MR) is 143 cm³/mol. The number of benzene rings is 2. The highest BCUT2D eigenvalue weighted by Gasteiger charge is 2.47. The first kappa shape index (κ1) is 30.9. The van der Waals surface area contributed by atoms with E-state index in [9.17, 15) is 50.8 Å². The first-order valence-corrected chi connectivity index (χ1v) is 13.3. The van der Waals surface area contributed by atoms with Crippen LogP contribution in [0.2, 0.25) is 0 Å².